The van der Waals surface area contributed by atoms with Crippen LogP contribution in [0.25, 0.3) is 0 Å². The fourth-order valence-electron chi connectivity index (χ4n) is 3.40. The van der Waals surface area contributed by atoms with Crippen LogP contribution < -0.4 is 14.8 Å². The first-order valence-electron chi connectivity index (χ1n) is 7.92. The molecule has 6 nitrogen and oxygen atoms in total. The average molecular weight is 303 g/mol. The molecule has 6 heteroatoms. The summed E-state index contributed by atoms with van der Waals surface area (Å²) in [5, 5.41) is 3.03. The second kappa shape index (κ2) is 5.78. The van der Waals surface area contributed by atoms with Crippen molar-refractivity contribution in [2.24, 2.45) is 0 Å². The fraction of sp³-hybridized carbons (Fsp3) is 0.562. The molecule has 3 saturated heterocycles. The highest BCUT2D eigenvalue weighted by molar-refractivity contribution is 5.81. The summed E-state index contributed by atoms with van der Waals surface area (Å²) >= 11 is 0. The van der Waals surface area contributed by atoms with Gasteiger partial charge in [0.2, 0.25) is 6.10 Å². The normalized spacial score (nSPS) is 32.5. The van der Waals surface area contributed by atoms with E-state index in [1.807, 2.05) is 24.3 Å². The van der Waals surface area contributed by atoms with Crippen molar-refractivity contribution in [2.45, 2.75) is 12.1 Å². The molecule has 1 N–H and O–H groups in total. The molecular formula is C16H21N3O3. The summed E-state index contributed by atoms with van der Waals surface area (Å²) < 4.78 is 11.3. The van der Waals surface area contributed by atoms with Crippen LogP contribution >= 0.6 is 0 Å². The van der Waals surface area contributed by atoms with Gasteiger partial charge in [0, 0.05) is 45.3 Å². The van der Waals surface area contributed by atoms with Crippen molar-refractivity contribution >= 4 is 5.91 Å². The van der Waals surface area contributed by atoms with Crippen LogP contribution in [0.3, 0.4) is 0 Å². The minimum absolute atomic E-state index is 0.0906. The summed E-state index contributed by atoms with van der Waals surface area (Å²) in [6.45, 7) is 6.51. The second-order valence-corrected chi connectivity index (χ2v) is 6.10. The summed E-state index contributed by atoms with van der Waals surface area (Å²) in [5.74, 6) is 1.25. The molecule has 4 aliphatic heterocycles. The van der Waals surface area contributed by atoms with E-state index in [0.717, 1.165) is 32.7 Å². The lowest BCUT2D eigenvalue weighted by atomic mass is 10.1. The van der Waals surface area contributed by atoms with E-state index >= 15 is 0 Å². The zero-order chi connectivity index (χ0) is 14.9. The molecule has 0 aromatic heterocycles. The van der Waals surface area contributed by atoms with Crippen molar-refractivity contribution in [2.75, 3.05) is 45.9 Å². The van der Waals surface area contributed by atoms with Crippen molar-refractivity contribution in [3.05, 3.63) is 24.3 Å². The van der Waals surface area contributed by atoms with Gasteiger partial charge in [0.15, 0.2) is 11.5 Å². The molecule has 1 aromatic carbocycles. The second-order valence-electron chi connectivity index (χ2n) is 6.10. The summed E-state index contributed by atoms with van der Waals surface area (Å²) in [5.41, 5.74) is 0. The van der Waals surface area contributed by atoms with Gasteiger partial charge in [-0.3, -0.25) is 14.6 Å². The number of carbonyl (C=O) groups excluding carboxylic acids is 1. The number of fused-ring (bicyclic) bond motifs is 4. The molecule has 2 unspecified atom stereocenters. The zero-order valence-corrected chi connectivity index (χ0v) is 12.5. The molecule has 0 saturated carbocycles. The largest absolute Gasteiger partial charge is 0.485 e. The summed E-state index contributed by atoms with van der Waals surface area (Å²) in [7, 11) is 0. The van der Waals surface area contributed by atoms with Gasteiger partial charge in [-0.25, -0.2) is 0 Å². The Morgan fingerprint density at radius 1 is 1.18 bits per heavy atom. The molecule has 0 aliphatic carbocycles. The maximum Gasteiger partial charge on any atom is 0.264 e. The number of rotatable bonds is 3. The van der Waals surface area contributed by atoms with Crippen molar-refractivity contribution in [3.63, 3.8) is 0 Å². The minimum Gasteiger partial charge on any atom is -0.485 e. The lowest BCUT2D eigenvalue weighted by Crippen LogP contribution is -2.64. The van der Waals surface area contributed by atoms with Crippen LogP contribution in [-0.2, 0) is 4.79 Å². The van der Waals surface area contributed by atoms with Crippen molar-refractivity contribution in [3.8, 4) is 11.5 Å². The first-order chi connectivity index (χ1) is 10.8. The SMILES string of the molecule is O=C(NCC1CN2CCN1CC2)C1COc2ccccc2O1. The minimum atomic E-state index is -0.564. The van der Waals surface area contributed by atoms with Crippen LogP contribution in [0.5, 0.6) is 11.5 Å². The van der Waals surface area contributed by atoms with Crippen LogP contribution in [0.4, 0.5) is 0 Å². The van der Waals surface area contributed by atoms with Gasteiger partial charge in [-0.1, -0.05) is 12.1 Å². The Balaban J connectivity index is 1.32. The van der Waals surface area contributed by atoms with Crippen LogP contribution in [-0.4, -0.2) is 73.7 Å². The molecule has 5 rings (SSSR count). The number of piperazine rings is 3. The molecule has 1 aromatic rings. The Labute approximate surface area is 130 Å². The molecule has 2 atom stereocenters. The number of hydrogen-bond donors (Lipinski definition) is 1. The van der Waals surface area contributed by atoms with Crippen molar-refractivity contribution in [1.29, 1.82) is 0 Å². The summed E-state index contributed by atoms with van der Waals surface area (Å²) in [6, 6.07) is 7.87. The highest BCUT2D eigenvalue weighted by atomic mass is 16.6. The van der Waals surface area contributed by atoms with Gasteiger partial charge < -0.3 is 14.8 Å². The van der Waals surface area contributed by atoms with E-state index in [2.05, 4.69) is 15.1 Å². The first kappa shape index (κ1) is 13.8. The number of nitrogens with zero attached hydrogens (tertiary/aromatic N) is 2. The molecule has 0 radical (unpaired) electrons. The van der Waals surface area contributed by atoms with Gasteiger partial charge in [-0.05, 0) is 12.1 Å². The standard InChI is InChI=1S/C16H21N3O3/c20-16(15-11-21-13-3-1-2-4-14(13)22-15)17-9-12-10-18-5-7-19(12)8-6-18/h1-4,12,15H,5-11H2,(H,17,20). The van der Waals surface area contributed by atoms with Crippen molar-refractivity contribution in [1.82, 2.24) is 15.1 Å². The van der Waals surface area contributed by atoms with Gasteiger partial charge in [0.05, 0.1) is 0 Å². The molecule has 3 fully saturated rings. The molecule has 2 bridgehead atoms. The molecule has 4 heterocycles. The van der Waals surface area contributed by atoms with Gasteiger partial charge >= 0.3 is 0 Å². The Hall–Kier alpha value is -1.79. The van der Waals surface area contributed by atoms with Gasteiger partial charge in [0.25, 0.3) is 5.91 Å². The molecule has 22 heavy (non-hydrogen) atoms. The Bertz CT molecular complexity index is 557. The highest BCUT2D eigenvalue weighted by Crippen LogP contribution is 2.30. The smallest absolute Gasteiger partial charge is 0.264 e. The van der Waals surface area contributed by atoms with E-state index in [1.54, 1.807) is 0 Å². The lowest BCUT2D eigenvalue weighted by Gasteiger charge is -2.47. The van der Waals surface area contributed by atoms with Crippen molar-refractivity contribution < 1.29 is 14.3 Å². The molecule has 0 spiro atoms. The third-order valence-electron chi connectivity index (χ3n) is 4.71. The Morgan fingerprint density at radius 3 is 2.68 bits per heavy atom. The first-order valence-corrected chi connectivity index (χ1v) is 7.92. The monoisotopic (exact) mass is 303 g/mol. The lowest BCUT2D eigenvalue weighted by molar-refractivity contribution is -0.130. The van der Waals surface area contributed by atoms with Gasteiger partial charge in [-0.15, -0.1) is 0 Å². The van der Waals surface area contributed by atoms with Gasteiger partial charge in [0.1, 0.15) is 6.61 Å². The fourth-order valence-corrected chi connectivity index (χ4v) is 3.40. The number of nitrogens with one attached hydrogen (secondary N) is 1. The van der Waals surface area contributed by atoms with E-state index in [1.165, 1.54) is 0 Å². The van der Waals surface area contributed by atoms with Crippen LogP contribution in [0.15, 0.2) is 24.3 Å². The number of hydrogen-bond acceptors (Lipinski definition) is 5. The Morgan fingerprint density at radius 2 is 1.95 bits per heavy atom. The summed E-state index contributed by atoms with van der Waals surface area (Å²) in [6.07, 6.45) is -0.564. The molecular weight excluding hydrogens is 282 g/mol. The zero-order valence-electron chi connectivity index (χ0n) is 12.5. The predicted octanol–water partition coefficient (Wildman–Crippen LogP) is -0.0576. The molecule has 118 valence electrons. The summed E-state index contributed by atoms with van der Waals surface area (Å²) in [4.78, 5) is 17.2. The van der Waals surface area contributed by atoms with Crippen LogP contribution in [0, 0.1) is 0 Å². The highest BCUT2D eigenvalue weighted by Gasteiger charge is 2.33. The number of carbonyl (C=O) groups is 1. The van der Waals surface area contributed by atoms with Gasteiger partial charge in [-0.2, -0.15) is 0 Å². The maximum absolute atomic E-state index is 12.3. The number of ether oxygens (including phenoxy) is 2. The third-order valence-corrected chi connectivity index (χ3v) is 4.71. The van der Waals surface area contributed by atoms with E-state index in [9.17, 15) is 4.79 Å². The quantitative estimate of drug-likeness (QED) is 0.848. The number of benzene rings is 1. The van der Waals surface area contributed by atoms with E-state index in [-0.39, 0.29) is 12.5 Å². The maximum atomic E-state index is 12.3. The topological polar surface area (TPSA) is 54.0 Å². The molecule has 1 amide bonds. The van der Waals surface area contributed by atoms with E-state index < -0.39 is 6.10 Å². The number of amides is 1. The third kappa shape index (κ3) is 2.64. The van der Waals surface area contributed by atoms with E-state index in [4.69, 9.17) is 9.47 Å². The van der Waals surface area contributed by atoms with Crippen LogP contribution in [0.2, 0.25) is 0 Å². The number of para-hydroxylation sites is 2. The van der Waals surface area contributed by atoms with E-state index in [0.29, 0.717) is 24.1 Å². The average Bonchev–Trinajstić information content (AvgIpc) is 2.60. The predicted molar refractivity (Wildman–Crippen MR) is 81.2 cm³/mol. The molecule has 4 aliphatic rings. The Kier molecular flexibility index (Phi) is 3.63. The van der Waals surface area contributed by atoms with Crippen LogP contribution in [0.1, 0.15) is 0 Å².